The first kappa shape index (κ1) is 10.9. The monoisotopic (exact) mass is 235 g/mol. The Balaban J connectivity index is 2.71. The zero-order valence-electron chi connectivity index (χ0n) is 8.81. The highest BCUT2D eigenvalue weighted by molar-refractivity contribution is 8.03. The molecule has 4 nitrogen and oxygen atoms in total. The van der Waals surface area contributed by atoms with Crippen LogP contribution in [0.3, 0.4) is 0 Å². The third kappa shape index (κ3) is 1.53. The average Bonchev–Trinajstić information content (AvgIpc) is 2.26. The lowest BCUT2D eigenvalue weighted by Gasteiger charge is -2.13. The molecule has 0 atom stereocenters. The highest BCUT2D eigenvalue weighted by Gasteiger charge is 2.25. The van der Waals surface area contributed by atoms with Gasteiger partial charge in [0.15, 0.2) is 11.6 Å². The van der Waals surface area contributed by atoms with Gasteiger partial charge >= 0.3 is 0 Å². The number of rotatable bonds is 1. The van der Waals surface area contributed by atoms with Crippen molar-refractivity contribution in [3.8, 4) is 0 Å². The van der Waals surface area contributed by atoms with Gasteiger partial charge in [-0.2, -0.15) is 0 Å². The lowest BCUT2D eigenvalue weighted by molar-refractivity contribution is 0.0990. The summed E-state index contributed by atoms with van der Waals surface area (Å²) < 4.78 is 1.29. The van der Waals surface area contributed by atoms with Crippen molar-refractivity contribution in [3.05, 3.63) is 44.7 Å². The summed E-state index contributed by atoms with van der Waals surface area (Å²) in [5.41, 5.74) is 0.215. The molecule has 1 aliphatic rings. The van der Waals surface area contributed by atoms with Gasteiger partial charge < -0.3 is 4.57 Å². The van der Waals surface area contributed by atoms with Gasteiger partial charge in [0, 0.05) is 36.5 Å². The van der Waals surface area contributed by atoms with Crippen molar-refractivity contribution in [3.63, 3.8) is 0 Å². The van der Waals surface area contributed by atoms with Crippen LogP contribution in [0.15, 0.2) is 28.0 Å². The molecule has 82 valence electrons. The molecular weight excluding hydrogens is 226 g/mol. The van der Waals surface area contributed by atoms with Crippen molar-refractivity contribution < 1.29 is 9.59 Å². The lowest BCUT2D eigenvalue weighted by Crippen LogP contribution is -2.24. The predicted molar refractivity (Wildman–Crippen MR) is 61.9 cm³/mol. The highest BCUT2D eigenvalue weighted by atomic mass is 32.2. The lowest BCUT2D eigenvalue weighted by atomic mass is 9.97. The molecule has 0 bridgehead atoms. The van der Waals surface area contributed by atoms with Crippen LogP contribution >= 0.6 is 11.8 Å². The van der Waals surface area contributed by atoms with Gasteiger partial charge in [0.2, 0.25) is 0 Å². The van der Waals surface area contributed by atoms with E-state index in [2.05, 4.69) is 0 Å². The summed E-state index contributed by atoms with van der Waals surface area (Å²) in [7, 11) is 1.55. The number of hydrogen-bond acceptors (Lipinski definition) is 4. The molecule has 2 rings (SSSR count). The van der Waals surface area contributed by atoms with E-state index in [1.165, 1.54) is 34.7 Å². The Kier molecular flexibility index (Phi) is 2.55. The Bertz CT molecular complexity index is 583. The molecule has 0 radical (unpaired) electrons. The van der Waals surface area contributed by atoms with Crippen molar-refractivity contribution in [2.45, 2.75) is 0 Å². The molecule has 0 N–H and O–H groups in total. The summed E-state index contributed by atoms with van der Waals surface area (Å²) in [6, 6.07) is 1.22. The fourth-order valence-electron chi connectivity index (χ4n) is 1.56. The first-order valence-electron chi connectivity index (χ1n) is 4.60. The summed E-state index contributed by atoms with van der Waals surface area (Å²) in [5.74, 6) is -0.477. The molecule has 0 saturated heterocycles. The number of fused-ring (bicyclic) bond motifs is 1. The second kappa shape index (κ2) is 3.75. The molecule has 5 heteroatoms. The van der Waals surface area contributed by atoms with E-state index in [0.717, 1.165) is 0 Å². The van der Waals surface area contributed by atoms with Gasteiger partial charge in [-0.3, -0.25) is 14.4 Å². The van der Waals surface area contributed by atoms with Gasteiger partial charge in [0.1, 0.15) is 0 Å². The molecule has 1 aliphatic carbocycles. The van der Waals surface area contributed by atoms with Crippen LogP contribution in [0.25, 0.3) is 0 Å². The summed E-state index contributed by atoms with van der Waals surface area (Å²) in [5, 5.41) is 0. The van der Waals surface area contributed by atoms with E-state index in [1.807, 2.05) is 0 Å². The first-order chi connectivity index (χ1) is 7.54. The van der Waals surface area contributed by atoms with Crippen molar-refractivity contribution in [1.82, 2.24) is 4.57 Å². The third-order valence-electron chi connectivity index (χ3n) is 2.44. The Morgan fingerprint density at radius 2 is 1.88 bits per heavy atom. The predicted octanol–water partition coefficient (Wildman–Crippen LogP) is 1.01. The molecule has 0 spiro atoms. The first-order valence-corrected chi connectivity index (χ1v) is 5.82. The van der Waals surface area contributed by atoms with E-state index in [1.54, 1.807) is 13.3 Å². The molecule has 1 aromatic heterocycles. The summed E-state index contributed by atoms with van der Waals surface area (Å²) >= 11 is 1.21. The average molecular weight is 235 g/mol. The minimum Gasteiger partial charge on any atom is -0.318 e. The Morgan fingerprint density at radius 1 is 1.19 bits per heavy atom. The maximum atomic E-state index is 11.9. The molecule has 0 fully saturated rings. The van der Waals surface area contributed by atoms with E-state index in [-0.39, 0.29) is 22.7 Å². The van der Waals surface area contributed by atoms with Crippen LogP contribution in [-0.4, -0.2) is 22.4 Å². The number of aromatic nitrogens is 1. The summed E-state index contributed by atoms with van der Waals surface area (Å²) in [6.07, 6.45) is 4.45. The fraction of sp³-hybridized carbons (Fsp3) is 0.182. The number of pyridine rings is 1. The molecule has 0 amide bonds. The van der Waals surface area contributed by atoms with Crippen molar-refractivity contribution in [2.24, 2.45) is 7.05 Å². The van der Waals surface area contributed by atoms with Crippen LogP contribution in [0.2, 0.25) is 0 Å². The van der Waals surface area contributed by atoms with E-state index in [4.69, 9.17) is 0 Å². The molecule has 1 heterocycles. The highest BCUT2D eigenvalue weighted by Crippen LogP contribution is 2.25. The van der Waals surface area contributed by atoms with Crippen LogP contribution < -0.4 is 5.56 Å². The maximum absolute atomic E-state index is 11.9. The fourth-order valence-corrected chi connectivity index (χ4v) is 2.08. The van der Waals surface area contributed by atoms with E-state index in [0.29, 0.717) is 10.5 Å². The molecule has 0 unspecified atom stereocenters. The second-order valence-corrected chi connectivity index (χ2v) is 4.30. The maximum Gasteiger partial charge on any atom is 0.251 e. The topological polar surface area (TPSA) is 56.1 Å². The number of Topliss-reactive ketones (excluding diaryl/α,β-unsaturated/α-hetero) is 1. The largest absolute Gasteiger partial charge is 0.318 e. The number of ketones is 2. The van der Waals surface area contributed by atoms with Gasteiger partial charge in [0.25, 0.3) is 5.56 Å². The van der Waals surface area contributed by atoms with Gasteiger partial charge in [-0.25, -0.2) is 0 Å². The van der Waals surface area contributed by atoms with Gasteiger partial charge in [-0.05, 0) is 6.26 Å². The van der Waals surface area contributed by atoms with Gasteiger partial charge in [0.05, 0.1) is 4.91 Å². The van der Waals surface area contributed by atoms with Crippen molar-refractivity contribution in [2.75, 3.05) is 6.26 Å². The Hall–Kier alpha value is -1.62. The number of allylic oxidation sites excluding steroid dienone is 2. The standard InChI is InChI=1S/C11H9NO3S/c1-12-5-7-6(3-10(12)14)11(15)9(16-2)4-8(7)13/h3-5H,1-2H3. The summed E-state index contributed by atoms with van der Waals surface area (Å²) in [4.78, 5) is 35.4. The molecule has 0 saturated carbocycles. The number of carbonyl (C=O) groups is 2. The zero-order chi connectivity index (χ0) is 11.9. The summed E-state index contributed by atoms with van der Waals surface area (Å²) in [6.45, 7) is 0. The molecular formula is C11H9NO3S. The van der Waals surface area contributed by atoms with E-state index >= 15 is 0 Å². The van der Waals surface area contributed by atoms with Crippen LogP contribution in [0.4, 0.5) is 0 Å². The normalized spacial score (nSPS) is 14.8. The Labute approximate surface area is 96.0 Å². The van der Waals surface area contributed by atoms with Crippen molar-refractivity contribution >= 4 is 23.3 Å². The number of thioether (sulfide) groups is 1. The zero-order valence-corrected chi connectivity index (χ0v) is 9.63. The Morgan fingerprint density at radius 3 is 2.50 bits per heavy atom. The van der Waals surface area contributed by atoms with E-state index < -0.39 is 0 Å². The smallest absolute Gasteiger partial charge is 0.251 e. The SMILES string of the molecule is CSC1=CC(=O)c2cn(C)c(=O)cc2C1=O. The number of carbonyl (C=O) groups excluding carboxylic acids is 2. The van der Waals surface area contributed by atoms with Crippen molar-refractivity contribution in [1.29, 1.82) is 0 Å². The minimum atomic E-state index is -0.290. The van der Waals surface area contributed by atoms with Gasteiger partial charge in [-0.1, -0.05) is 0 Å². The van der Waals surface area contributed by atoms with Gasteiger partial charge in [-0.15, -0.1) is 11.8 Å². The minimum absolute atomic E-state index is 0.208. The van der Waals surface area contributed by atoms with Crippen LogP contribution in [-0.2, 0) is 7.05 Å². The van der Waals surface area contributed by atoms with Crippen LogP contribution in [0.1, 0.15) is 20.7 Å². The molecule has 1 aromatic rings. The number of hydrogen-bond donors (Lipinski definition) is 0. The van der Waals surface area contributed by atoms with Crippen LogP contribution in [0, 0.1) is 0 Å². The molecule has 0 aliphatic heterocycles. The second-order valence-electron chi connectivity index (χ2n) is 3.46. The third-order valence-corrected chi connectivity index (χ3v) is 3.19. The number of aryl methyl sites for hydroxylation is 1. The molecule has 0 aromatic carbocycles. The van der Waals surface area contributed by atoms with Crippen LogP contribution in [0.5, 0.6) is 0 Å². The van der Waals surface area contributed by atoms with E-state index in [9.17, 15) is 14.4 Å². The quantitative estimate of drug-likeness (QED) is 0.729. The number of nitrogens with zero attached hydrogens (tertiary/aromatic N) is 1. The molecule has 16 heavy (non-hydrogen) atoms.